The molecule has 730 valence electrons. The second kappa shape index (κ2) is 55.2. The number of nitrogens with one attached hydrogen (secondary N) is 8. The molecule has 0 aliphatic heterocycles. The molecule has 0 aromatic heterocycles. The van der Waals surface area contributed by atoms with E-state index >= 15 is 0 Å². The fourth-order valence-electron chi connectivity index (χ4n) is 10.2. The first-order chi connectivity index (χ1) is 55.1. The second-order valence-electron chi connectivity index (χ2n) is 43.3. The summed E-state index contributed by atoms with van der Waals surface area (Å²) in [6.45, 7) is 75.8. The summed E-state index contributed by atoms with van der Waals surface area (Å²) in [7, 11) is 0. The highest BCUT2D eigenvalue weighted by Crippen LogP contribution is 2.36. The van der Waals surface area contributed by atoms with Crippen molar-refractivity contribution < 1.29 is 76.3 Å². The van der Waals surface area contributed by atoms with E-state index in [2.05, 4.69) is 42.5 Å². The maximum Gasteiger partial charge on any atom is 0.240 e. The van der Waals surface area contributed by atoms with Gasteiger partial charge in [0.25, 0.3) is 0 Å². The highest BCUT2D eigenvalue weighted by atomic mass is 16.5. The molecule has 32 heteroatoms. The van der Waals surface area contributed by atoms with E-state index in [-0.39, 0.29) is 146 Å². The molecule has 0 radical (unpaired) electrons. The maximum absolute atomic E-state index is 11.9. The lowest BCUT2D eigenvalue weighted by Gasteiger charge is -2.39. The Morgan fingerprint density at radius 3 is 0.740 bits per heavy atom. The lowest BCUT2D eigenvalue weighted by atomic mass is 9.75. The average molecular weight is 1760 g/mol. The van der Waals surface area contributed by atoms with Crippen LogP contribution in [0, 0.1) is 0 Å². The number of hydrogen-bond acceptors (Lipinski definition) is 24. The van der Waals surface area contributed by atoms with Gasteiger partial charge in [0.1, 0.15) is 0 Å². The molecule has 24 N–H and O–H groups in total. The van der Waals surface area contributed by atoms with E-state index in [0.717, 1.165) is 64.2 Å². The van der Waals surface area contributed by atoms with E-state index in [4.69, 9.17) is 83.8 Å². The van der Waals surface area contributed by atoms with Crippen LogP contribution in [0.15, 0.2) is 0 Å². The van der Waals surface area contributed by atoms with Crippen LogP contribution in [0.1, 0.15) is 346 Å². The molecule has 4 rings (SSSR count). The summed E-state index contributed by atoms with van der Waals surface area (Å²) in [6.07, 6.45) is 12.1. The number of nitrogens with two attached hydrogens (primary N) is 8. The van der Waals surface area contributed by atoms with E-state index in [1.165, 1.54) is 0 Å². The van der Waals surface area contributed by atoms with Gasteiger partial charge < -0.3 is 126 Å². The van der Waals surface area contributed by atoms with Crippen molar-refractivity contribution >= 4 is 47.3 Å². The second-order valence-corrected chi connectivity index (χ2v) is 43.3. The Balaban J connectivity index is -0.000000658. The molecule has 123 heavy (non-hydrogen) atoms. The average Bonchev–Trinajstić information content (AvgIpc) is 1.43. The Morgan fingerprint density at radius 2 is 0.537 bits per heavy atom. The van der Waals surface area contributed by atoms with Gasteiger partial charge in [-0.25, -0.2) is 0 Å². The largest absolute Gasteiger partial charge is 0.376 e. The third-order valence-corrected chi connectivity index (χ3v) is 18.1. The van der Waals surface area contributed by atoms with E-state index in [1.807, 2.05) is 235 Å². The van der Waals surface area contributed by atoms with Crippen LogP contribution in [0.25, 0.3) is 0 Å². The SMILES string of the molecule is CC(C)OCC(C)(C)NC(=O)C(C)(C)N.CC(C)OCC(C)(C)NC(=O)C(C)N.CC(C)OCC(C)(C)NC(=O)C1(N)CC1.CC(C)OCC(C)(C)NC(=O)C1(N)CCC1.CC(C)OCC(C)(C)NC(=O)CC(C)(C)N.CC(C)OCC(C)(C)NC(=O)CC1(N)CC1.CC(C)OCC(C)(C)NC(=O)CC1(N)CCC1.CC(C)OCC(C)(C)NC(=O)CCN. The van der Waals surface area contributed by atoms with Crippen LogP contribution in [0.3, 0.4) is 0 Å². The molecule has 32 nitrogen and oxygen atoms in total. The molecule has 0 spiro atoms. The molecule has 4 aliphatic rings. The van der Waals surface area contributed by atoms with Gasteiger partial charge in [0, 0.05) is 48.8 Å². The van der Waals surface area contributed by atoms with Crippen LogP contribution in [0.4, 0.5) is 0 Å². The summed E-state index contributed by atoms with van der Waals surface area (Å²) in [5.74, 6) is -0.421. The molecule has 1 unspecified atom stereocenters. The monoisotopic (exact) mass is 1760 g/mol. The van der Waals surface area contributed by atoms with Crippen LogP contribution in [-0.2, 0) is 76.3 Å². The normalized spacial score (nSPS) is 16.1. The van der Waals surface area contributed by atoms with Crippen molar-refractivity contribution in [3.05, 3.63) is 0 Å². The molecule has 4 aliphatic carbocycles. The molecule has 8 amide bonds. The number of carbonyl (C=O) groups excluding carboxylic acids is 8. The number of hydrogen-bond donors (Lipinski definition) is 16. The van der Waals surface area contributed by atoms with Gasteiger partial charge in [-0.1, -0.05) is 0 Å². The van der Waals surface area contributed by atoms with Gasteiger partial charge in [0.05, 0.1) is 169 Å². The molecule has 0 bridgehead atoms. The van der Waals surface area contributed by atoms with Crippen molar-refractivity contribution in [3.8, 4) is 0 Å². The first-order valence-electron chi connectivity index (χ1n) is 44.8. The number of carbonyl (C=O) groups is 8. The number of rotatable bonds is 44. The Bertz CT molecular complexity index is 2950. The molecular weight excluding hydrogens is 1570 g/mol. The lowest BCUT2D eigenvalue weighted by molar-refractivity contribution is -0.132. The molecule has 0 aromatic rings. The Morgan fingerprint density at radius 1 is 0.309 bits per heavy atom. The van der Waals surface area contributed by atoms with E-state index in [0.29, 0.717) is 85.1 Å². The number of amides is 8. The molecule has 0 saturated heterocycles. The summed E-state index contributed by atoms with van der Waals surface area (Å²) in [4.78, 5) is 93.1. The van der Waals surface area contributed by atoms with Crippen LogP contribution in [-0.4, -0.2) is 239 Å². The van der Waals surface area contributed by atoms with Crippen LogP contribution < -0.4 is 88.4 Å². The van der Waals surface area contributed by atoms with E-state index in [9.17, 15) is 38.4 Å². The van der Waals surface area contributed by atoms with E-state index in [1.54, 1.807) is 20.8 Å². The summed E-state index contributed by atoms with van der Waals surface area (Å²) in [6, 6.07) is -0.478. The van der Waals surface area contributed by atoms with Crippen LogP contribution in [0.5, 0.6) is 0 Å². The van der Waals surface area contributed by atoms with Crippen molar-refractivity contribution in [3.63, 3.8) is 0 Å². The predicted molar refractivity (Wildman–Crippen MR) is 498 cm³/mol. The fraction of sp³-hybridized carbons (Fsp3) is 0.912. The van der Waals surface area contributed by atoms with Crippen LogP contribution in [0.2, 0.25) is 0 Å². The van der Waals surface area contributed by atoms with Crippen LogP contribution >= 0.6 is 0 Å². The van der Waals surface area contributed by atoms with Gasteiger partial charge in [-0.05, 0) is 320 Å². The zero-order chi connectivity index (χ0) is 97.4. The van der Waals surface area contributed by atoms with Gasteiger partial charge >= 0.3 is 0 Å². The molecule has 1 atom stereocenters. The third-order valence-electron chi connectivity index (χ3n) is 18.1. The van der Waals surface area contributed by atoms with Crippen molar-refractivity contribution in [2.45, 2.75) is 478 Å². The highest BCUT2D eigenvalue weighted by molar-refractivity contribution is 5.90. The minimum atomic E-state index is -0.852. The predicted octanol–water partition coefficient (Wildman–Crippen LogP) is 8.54. The highest BCUT2D eigenvalue weighted by Gasteiger charge is 2.48. The third kappa shape index (κ3) is 69.8. The topological polar surface area (TPSA) is 515 Å². The van der Waals surface area contributed by atoms with Crippen molar-refractivity contribution in [1.82, 2.24) is 42.5 Å². The van der Waals surface area contributed by atoms with Crippen molar-refractivity contribution in [2.24, 2.45) is 45.9 Å². The first kappa shape index (κ1) is 124. The summed E-state index contributed by atoms with van der Waals surface area (Å²) in [5, 5.41) is 23.3. The van der Waals surface area contributed by atoms with Crippen molar-refractivity contribution in [2.75, 3.05) is 59.4 Å². The quantitative estimate of drug-likeness (QED) is 0.0271. The minimum Gasteiger partial charge on any atom is -0.376 e. The smallest absolute Gasteiger partial charge is 0.240 e. The zero-order valence-corrected chi connectivity index (χ0v) is 84.6. The molecule has 4 fully saturated rings. The Hall–Kier alpha value is -4.88. The molecule has 0 heterocycles. The van der Waals surface area contributed by atoms with Gasteiger partial charge in [-0.3, -0.25) is 38.4 Å². The molecule has 0 aromatic carbocycles. The Kier molecular flexibility index (Phi) is 55.8. The first-order valence-corrected chi connectivity index (χ1v) is 44.8. The number of ether oxygens (including phenoxy) is 8. The van der Waals surface area contributed by atoms with Crippen molar-refractivity contribution in [1.29, 1.82) is 0 Å². The summed E-state index contributed by atoms with van der Waals surface area (Å²) < 4.78 is 43.9. The van der Waals surface area contributed by atoms with Gasteiger partial charge in [-0.2, -0.15) is 0 Å². The maximum atomic E-state index is 11.9. The molecule has 4 saturated carbocycles. The minimum absolute atomic E-state index is 0.0233. The zero-order valence-electron chi connectivity index (χ0n) is 84.6. The summed E-state index contributed by atoms with van der Waals surface area (Å²) in [5.41, 5.74) is 40.1. The summed E-state index contributed by atoms with van der Waals surface area (Å²) >= 11 is 0. The Labute approximate surface area is 746 Å². The molecular formula is C91H190N16O16. The van der Waals surface area contributed by atoms with Gasteiger partial charge in [0.2, 0.25) is 47.3 Å². The van der Waals surface area contributed by atoms with Gasteiger partial charge in [0.15, 0.2) is 0 Å². The van der Waals surface area contributed by atoms with E-state index < -0.39 is 33.7 Å². The lowest BCUT2D eigenvalue weighted by Crippen LogP contribution is -2.63. The standard InChI is InChI=1S/C13H26N2O2.2C12H24N2O2.C12H26N2O2.C11H22N2O2.C11H24N2O2.2C10H22N2O2/c1-10(2)17-9-12(3,4)15-11(16)8-13(14)6-5-7-13;1-9(2)16-8-11(3,4)14-10(15)7-12(13)5-6-12;1-9(2)16-8-11(3,4)14-10(15)12(13)6-5-7-12;1-9(2)16-8-12(5,6)14-10(15)7-11(3,4)13;1-8(2)15-7-10(3,4)13-9(14)11(12)5-6-11;1-8(2)15-7-10(3,4)13-9(14)11(5,6)12;1-7(2)14-6-10(4,5)12-9(13)8(3)11;1-8(2)14-7-10(3,4)12-9(13)5-6-11/h10H,5-9,14H2,1-4H3,(H,15,16);2*9H,5-8,13H2,1-4H3,(H,14,15);9H,7-8,13H2,1-6H3,(H,14,15);8H,5-7,12H2,1-4H3,(H,13,14);8H,7,12H2,1-6H3,(H,13,14);7-8H,6,11H2,1-5H3,(H,12,13);8H,5-7,11H2,1-4H3,(H,12,13). The van der Waals surface area contributed by atoms with Gasteiger partial charge in [-0.15, -0.1) is 0 Å². The fourth-order valence-corrected chi connectivity index (χ4v) is 10.2.